The Hall–Kier alpha value is -3.02. The van der Waals surface area contributed by atoms with E-state index < -0.39 is 0 Å². The Labute approximate surface area is 152 Å². The van der Waals surface area contributed by atoms with E-state index in [1.54, 1.807) is 36.3 Å². The fourth-order valence-electron chi connectivity index (χ4n) is 2.89. The molecule has 1 N–H and O–H groups in total. The fraction of sp³-hybridized carbons (Fsp3) is 0.300. The Morgan fingerprint density at radius 3 is 2.65 bits per heavy atom. The smallest absolute Gasteiger partial charge is 0.258 e. The van der Waals surface area contributed by atoms with Crippen LogP contribution >= 0.6 is 0 Å². The molecule has 0 aliphatic carbocycles. The van der Waals surface area contributed by atoms with Crippen LogP contribution in [0, 0.1) is 6.92 Å². The average Bonchev–Trinajstić information content (AvgIpc) is 3.01. The number of carbonyl (C=O) groups excluding carboxylic acids is 2. The summed E-state index contributed by atoms with van der Waals surface area (Å²) in [4.78, 5) is 26.1. The van der Waals surface area contributed by atoms with Gasteiger partial charge in [0.2, 0.25) is 5.91 Å². The number of hydrogen-bond acceptors (Lipinski definition) is 4. The number of carbonyl (C=O) groups is 2. The van der Waals surface area contributed by atoms with Crippen LogP contribution < -0.4 is 19.7 Å². The molecule has 1 saturated heterocycles. The Morgan fingerprint density at radius 1 is 1.19 bits per heavy atom. The number of nitrogens with zero attached hydrogens (tertiary/aromatic N) is 1. The maximum absolute atomic E-state index is 12.2. The molecule has 136 valence electrons. The van der Waals surface area contributed by atoms with E-state index in [9.17, 15) is 9.59 Å². The van der Waals surface area contributed by atoms with Crippen LogP contribution in [-0.4, -0.2) is 38.1 Å². The first kappa shape index (κ1) is 17.8. The van der Waals surface area contributed by atoms with Gasteiger partial charge in [-0.2, -0.15) is 0 Å². The van der Waals surface area contributed by atoms with Crippen molar-refractivity contribution in [3.63, 3.8) is 0 Å². The molecule has 1 aliphatic rings. The summed E-state index contributed by atoms with van der Waals surface area (Å²) in [6.45, 7) is 2.36. The van der Waals surface area contributed by atoms with E-state index in [1.165, 1.54) is 0 Å². The van der Waals surface area contributed by atoms with Crippen LogP contribution in [0.4, 0.5) is 5.69 Å². The summed E-state index contributed by atoms with van der Waals surface area (Å²) in [5, 5.41) is 2.86. The van der Waals surface area contributed by atoms with Crippen molar-refractivity contribution in [2.45, 2.75) is 19.4 Å². The maximum Gasteiger partial charge on any atom is 0.258 e. The van der Waals surface area contributed by atoms with Crippen molar-refractivity contribution < 1.29 is 19.1 Å². The summed E-state index contributed by atoms with van der Waals surface area (Å²) in [5.41, 5.74) is 1.99. The first-order valence-corrected chi connectivity index (χ1v) is 8.48. The van der Waals surface area contributed by atoms with E-state index in [2.05, 4.69) is 5.32 Å². The molecule has 1 fully saturated rings. The molecule has 0 bridgehead atoms. The molecule has 2 amide bonds. The first-order chi connectivity index (χ1) is 12.5. The van der Waals surface area contributed by atoms with E-state index >= 15 is 0 Å². The van der Waals surface area contributed by atoms with Crippen molar-refractivity contribution in [2.24, 2.45) is 0 Å². The van der Waals surface area contributed by atoms with Crippen LogP contribution in [0.1, 0.15) is 12.0 Å². The second-order valence-electron chi connectivity index (χ2n) is 6.28. The predicted molar refractivity (Wildman–Crippen MR) is 98.6 cm³/mol. The SMILES string of the molecule is COc1cccc(OCC(=O)NC2CC(=O)N(c3ccc(C)cc3)C2)c1. The molecule has 0 saturated carbocycles. The molecular weight excluding hydrogens is 332 g/mol. The zero-order valence-electron chi connectivity index (χ0n) is 14.9. The van der Waals surface area contributed by atoms with Crippen molar-refractivity contribution in [1.82, 2.24) is 5.32 Å². The lowest BCUT2D eigenvalue weighted by Gasteiger charge is -2.17. The van der Waals surface area contributed by atoms with Gasteiger partial charge < -0.3 is 19.7 Å². The molecule has 1 unspecified atom stereocenters. The summed E-state index contributed by atoms with van der Waals surface area (Å²) in [6, 6.07) is 14.6. The summed E-state index contributed by atoms with van der Waals surface area (Å²) >= 11 is 0. The average molecular weight is 354 g/mol. The number of nitrogens with one attached hydrogen (secondary N) is 1. The van der Waals surface area contributed by atoms with Crippen LogP contribution in [0.3, 0.4) is 0 Å². The van der Waals surface area contributed by atoms with Gasteiger partial charge in [-0.05, 0) is 31.2 Å². The monoisotopic (exact) mass is 354 g/mol. The van der Waals surface area contributed by atoms with Gasteiger partial charge in [-0.3, -0.25) is 9.59 Å². The fourth-order valence-corrected chi connectivity index (χ4v) is 2.89. The number of methoxy groups -OCH3 is 1. The number of ether oxygens (including phenoxy) is 2. The van der Waals surface area contributed by atoms with Crippen molar-refractivity contribution >= 4 is 17.5 Å². The van der Waals surface area contributed by atoms with Gasteiger partial charge in [0.1, 0.15) is 11.5 Å². The summed E-state index contributed by atoms with van der Waals surface area (Å²) in [7, 11) is 1.57. The number of rotatable bonds is 6. The minimum absolute atomic E-state index is 0.00728. The highest BCUT2D eigenvalue weighted by Crippen LogP contribution is 2.22. The predicted octanol–water partition coefficient (Wildman–Crippen LogP) is 2.30. The van der Waals surface area contributed by atoms with Gasteiger partial charge in [-0.25, -0.2) is 0 Å². The van der Waals surface area contributed by atoms with Crippen molar-refractivity contribution in [3.05, 3.63) is 54.1 Å². The Morgan fingerprint density at radius 2 is 1.92 bits per heavy atom. The number of anilines is 1. The minimum atomic E-state index is -0.253. The van der Waals surface area contributed by atoms with Crippen molar-refractivity contribution in [1.29, 1.82) is 0 Å². The highest BCUT2D eigenvalue weighted by Gasteiger charge is 2.31. The van der Waals surface area contributed by atoms with E-state index in [-0.39, 0.29) is 24.5 Å². The molecule has 26 heavy (non-hydrogen) atoms. The van der Waals surface area contributed by atoms with Gasteiger partial charge >= 0.3 is 0 Å². The van der Waals surface area contributed by atoms with Gasteiger partial charge in [0, 0.05) is 24.7 Å². The maximum atomic E-state index is 12.2. The highest BCUT2D eigenvalue weighted by atomic mass is 16.5. The van der Waals surface area contributed by atoms with E-state index in [1.807, 2.05) is 31.2 Å². The molecular formula is C20H22N2O4. The van der Waals surface area contributed by atoms with Gasteiger partial charge in [-0.1, -0.05) is 23.8 Å². The number of hydrogen-bond donors (Lipinski definition) is 1. The lowest BCUT2D eigenvalue weighted by Crippen LogP contribution is -2.39. The van der Waals surface area contributed by atoms with Crippen LogP contribution in [0.5, 0.6) is 11.5 Å². The third kappa shape index (κ3) is 4.33. The van der Waals surface area contributed by atoms with Crippen LogP contribution in [0.25, 0.3) is 0 Å². The van der Waals surface area contributed by atoms with Gasteiger partial charge in [0.05, 0.1) is 13.2 Å². The third-order valence-corrected chi connectivity index (χ3v) is 4.25. The third-order valence-electron chi connectivity index (χ3n) is 4.25. The lowest BCUT2D eigenvalue weighted by molar-refractivity contribution is -0.123. The number of amides is 2. The molecule has 0 aromatic heterocycles. The van der Waals surface area contributed by atoms with Crippen LogP contribution in [0.2, 0.25) is 0 Å². The molecule has 0 radical (unpaired) electrons. The minimum Gasteiger partial charge on any atom is -0.497 e. The Balaban J connectivity index is 1.51. The van der Waals surface area contributed by atoms with Gasteiger partial charge in [0.25, 0.3) is 5.91 Å². The Bertz CT molecular complexity index is 789. The van der Waals surface area contributed by atoms with Gasteiger partial charge in [0.15, 0.2) is 6.61 Å². The highest BCUT2D eigenvalue weighted by molar-refractivity contribution is 5.96. The second-order valence-corrected chi connectivity index (χ2v) is 6.28. The van der Waals surface area contributed by atoms with Crippen LogP contribution in [0.15, 0.2) is 48.5 Å². The number of aryl methyl sites for hydroxylation is 1. The normalized spacial score (nSPS) is 16.5. The van der Waals surface area contributed by atoms with Crippen LogP contribution in [-0.2, 0) is 9.59 Å². The first-order valence-electron chi connectivity index (χ1n) is 8.48. The zero-order chi connectivity index (χ0) is 18.5. The summed E-state index contributed by atoms with van der Waals surface area (Å²) < 4.78 is 10.6. The molecule has 1 aliphatic heterocycles. The van der Waals surface area contributed by atoms with Gasteiger partial charge in [-0.15, -0.1) is 0 Å². The molecule has 6 heteroatoms. The van der Waals surface area contributed by atoms with E-state index in [0.29, 0.717) is 24.5 Å². The summed E-state index contributed by atoms with van der Waals surface area (Å²) in [6.07, 6.45) is 0.290. The molecule has 2 aromatic rings. The van der Waals surface area contributed by atoms with Crippen molar-refractivity contribution in [3.8, 4) is 11.5 Å². The summed E-state index contributed by atoms with van der Waals surface area (Å²) in [5.74, 6) is 0.977. The van der Waals surface area contributed by atoms with E-state index in [0.717, 1.165) is 11.3 Å². The topological polar surface area (TPSA) is 67.9 Å². The molecule has 0 spiro atoms. The quantitative estimate of drug-likeness (QED) is 0.864. The zero-order valence-corrected chi connectivity index (χ0v) is 14.9. The molecule has 1 atom stereocenters. The van der Waals surface area contributed by atoms with Crippen molar-refractivity contribution in [2.75, 3.05) is 25.2 Å². The Kier molecular flexibility index (Phi) is 5.41. The number of benzene rings is 2. The largest absolute Gasteiger partial charge is 0.497 e. The second kappa shape index (κ2) is 7.91. The van der Waals surface area contributed by atoms with E-state index in [4.69, 9.17) is 9.47 Å². The lowest BCUT2D eigenvalue weighted by atomic mass is 10.2. The molecule has 3 rings (SSSR count). The molecule has 2 aromatic carbocycles. The molecule has 6 nitrogen and oxygen atoms in total. The molecule has 1 heterocycles. The standard InChI is InChI=1S/C20H22N2O4/c1-14-6-8-16(9-7-14)22-12-15(10-20(22)24)21-19(23)13-26-18-5-3-4-17(11-18)25-2/h3-9,11,15H,10,12-13H2,1-2H3,(H,21,23).